The van der Waals surface area contributed by atoms with Gasteiger partial charge >= 0.3 is 5.97 Å². The Kier molecular flexibility index (Phi) is 3.22. The van der Waals surface area contributed by atoms with Gasteiger partial charge in [0.25, 0.3) is 5.56 Å². The second-order valence-corrected chi connectivity index (χ2v) is 3.54. The van der Waals surface area contributed by atoms with Gasteiger partial charge in [0, 0.05) is 19.3 Å². The standard InChI is InChI=1S/C11H12N4O3/c1-3-12-11-14-8-4-5-13-9(8)10(17)15(11)6-18-7(2)16/h3-5,13H,6H2,1-2H3. The highest BCUT2D eigenvalue weighted by atomic mass is 16.5. The number of nitrogens with one attached hydrogen (secondary N) is 1. The first kappa shape index (κ1) is 12.0. The average molecular weight is 248 g/mol. The monoisotopic (exact) mass is 248 g/mol. The number of fused-ring (bicyclic) bond motifs is 1. The molecule has 0 aromatic carbocycles. The minimum absolute atomic E-state index is 0.204. The van der Waals surface area contributed by atoms with Crippen LogP contribution in [0.2, 0.25) is 0 Å². The summed E-state index contributed by atoms with van der Waals surface area (Å²) in [5.41, 5.74) is 0.559. The van der Waals surface area contributed by atoms with Crippen molar-refractivity contribution in [3.05, 3.63) is 22.6 Å². The van der Waals surface area contributed by atoms with Crippen LogP contribution in [0.25, 0.3) is 11.0 Å². The summed E-state index contributed by atoms with van der Waals surface area (Å²) >= 11 is 0. The van der Waals surface area contributed by atoms with E-state index in [0.717, 1.165) is 0 Å². The van der Waals surface area contributed by atoms with E-state index in [1.54, 1.807) is 19.2 Å². The van der Waals surface area contributed by atoms with Crippen LogP contribution in [0.1, 0.15) is 13.8 Å². The molecule has 0 unspecified atom stereocenters. The van der Waals surface area contributed by atoms with Crippen LogP contribution in [0.4, 0.5) is 5.95 Å². The van der Waals surface area contributed by atoms with Crippen molar-refractivity contribution in [2.24, 2.45) is 4.99 Å². The molecule has 2 aromatic heterocycles. The zero-order valence-electron chi connectivity index (χ0n) is 10.0. The van der Waals surface area contributed by atoms with Gasteiger partial charge in [0.05, 0.1) is 5.52 Å². The van der Waals surface area contributed by atoms with E-state index in [2.05, 4.69) is 15.0 Å². The number of nitrogens with zero attached hydrogens (tertiary/aromatic N) is 3. The van der Waals surface area contributed by atoms with E-state index < -0.39 is 5.97 Å². The SMILES string of the molecule is CC=Nc1nc2cc[nH]c2c(=O)n1COC(C)=O. The molecule has 7 nitrogen and oxygen atoms in total. The van der Waals surface area contributed by atoms with Crippen molar-refractivity contribution in [2.75, 3.05) is 0 Å². The fourth-order valence-corrected chi connectivity index (χ4v) is 1.51. The van der Waals surface area contributed by atoms with Gasteiger partial charge < -0.3 is 9.72 Å². The van der Waals surface area contributed by atoms with Crippen LogP contribution < -0.4 is 5.56 Å². The Hall–Kier alpha value is -2.44. The van der Waals surface area contributed by atoms with Crippen molar-refractivity contribution < 1.29 is 9.53 Å². The van der Waals surface area contributed by atoms with Crippen molar-refractivity contribution in [1.29, 1.82) is 0 Å². The predicted octanol–water partition coefficient (Wildman–Crippen LogP) is 0.967. The highest BCUT2D eigenvalue weighted by Gasteiger charge is 2.11. The van der Waals surface area contributed by atoms with Crippen LogP contribution in [0.15, 0.2) is 22.1 Å². The fraction of sp³-hybridized carbons (Fsp3) is 0.273. The second kappa shape index (κ2) is 4.82. The highest BCUT2D eigenvalue weighted by molar-refractivity contribution is 5.75. The van der Waals surface area contributed by atoms with E-state index in [0.29, 0.717) is 11.0 Å². The van der Waals surface area contributed by atoms with E-state index in [9.17, 15) is 9.59 Å². The zero-order chi connectivity index (χ0) is 13.1. The van der Waals surface area contributed by atoms with E-state index in [-0.39, 0.29) is 18.2 Å². The first-order valence-electron chi connectivity index (χ1n) is 5.33. The van der Waals surface area contributed by atoms with Gasteiger partial charge in [-0.25, -0.2) is 14.5 Å². The smallest absolute Gasteiger partial charge is 0.304 e. The number of carbonyl (C=O) groups excluding carboxylic acids is 1. The highest BCUT2D eigenvalue weighted by Crippen LogP contribution is 2.12. The number of rotatable bonds is 3. The normalized spacial score (nSPS) is 11.2. The lowest BCUT2D eigenvalue weighted by Crippen LogP contribution is -2.23. The van der Waals surface area contributed by atoms with Gasteiger partial charge in [-0.05, 0) is 13.0 Å². The summed E-state index contributed by atoms with van der Waals surface area (Å²) in [6.07, 6.45) is 3.14. The molecule has 0 bridgehead atoms. The summed E-state index contributed by atoms with van der Waals surface area (Å²) in [5.74, 6) is -0.268. The Labute approximate surface area is 102 Å². The van der Waals surface area contributed by atoms with Gasteiger partial charge in [0.2, 0.25) is 5.95 Å². The maximum absolute atomic E-state index is 12.1. The van der Waals surface area contributed by atoms with Crippen molar-refractivity contribution in [2.45, 2.75) is 20.6 Å². The van der Waals surface area contributed by atoms with Crippen molar-refractivity contribution in [3.8, 4) is 0 Å². The van der Waals surface area contributed by atoms with Crippen LogP contribution in [0.3, 0.4) is 0 Å². The first-order valence-corrected chi connectivity index (χ1v) is 5.33. The number of carbonyl (C=O) groups is 1. The van der Waals surface area contributed by atoms with Gasteiger partial charge in [-0.3, -0.25) is 9.59 Å². The summed E-state index contributed by atoms with van der Waals surface area (Å²) in [7, 11) is 0. The van der Waals surface area contributed by atoms with Gasteiger partial charge in [-0.15, -0.1) is 0 Å². The minimum atomic E-state index is -0.472. The molecule has 2 aromatic rings. The van der Waals surface area contributed by atoms with E-state index in [1.165, 1.54) is 17.7 Å². The summed E-state index contributed by atoms with van der Waals surface area (Å²) in [5, 5.41) is 0. The second-order valence-electron chi connectivity index (χ2n) is 3.54. The largest absolute Gasteiger partial charge is 0.444 e. The maximum atomic E-state index is 12.1. The van der Waals surface area contributed by atoms with Gasteiger partial charge in [0.1, 0.15) is 5.52 Å². The molecular formula is C11H12N4O3. The zero-order valence-corrected chi connectivity index (χ0v) is 10.0. The molecule has 7 heteroatoms. The van der Waals surface area contributed by atoms with Gasteiger partial charge in [-0.1, -0.05) is 0 Å². The quantitative estimate of drug-likeness (QED) is 0.647. The molecule has 0 saturated carbocycles. The molecule has 2 heterocycles. The summed E-state index contributed by atoms with van der Waals surface area (Å²) in [4.78, 5) is 33.9. The van der Waals surface area contributed by atoms with Crippen molar-refractivity contribution in [1.82, 2.24) is 14.5 Å². The molecule has 1 N–H and O–H groups in total. The molecule has 0 amide bonds. The van der Waals surface area contributed by atoms with E-state index in [4.69, 9.17) is 4.74 Å². The van der Waals surface area contributed by atoms with Gasteiger partial charge in [0.15, 0.2) is 6.73 Å². The molecule has 0 saturated heterocycles. The Balaban J connectivity index is 2.58. The third kappa shape index (κ3) is 2.15. The number of hydrogen-bond donors (Lipinski definition) is 1. The molecule has 0 aliphatic heterocycles. The molecule has 0 fully saturated rings. The summed E-state index contributed by atoms with van der Waals surface area (Å²) in [6.45, 7) is 2.78. The Morgan fingerprint density at radius 2 is 2.44 bits per heavy atom. The molecule has 0 aliphatic carbocycles. The van der Waals surface area contributed by atoms with Crippen LogP contribution in [0.5, 0.6) is 0 Å². The first-order chi connectivity index (χ1) is 8.63. The number of hydrogen-bond acceptors (Lipinski definition) is 5. The third-order valence-electron chi connectivity index (χ3n) is 2.29. The minimum Gasteiger partial charge on any atom is -0.444 e. The van der Waals surface area contributed by atoms with E-state index in [1.807, 2.05) is 0 Å². The topological polar surface area (TPSA) is 89.3 Å². The Bertz CT molecular complexity index is 668. The Morgan fingerprint density at radius 1 is 1.67 bits per heavy atom. The number of H-pyrrole nitrogens is 1. The lowest BCUT2D eigenvalue weighted by atomic mass is 10.4. The third-order valence-corrected chi connectivity index (χ3v) is 2.29. The summed E-state index contributed by atoms with van der Waals surface area (Å²) < 4.78 is 6.01. The van der Waals surface area contributed by atoms with E-state index >= 15 is 0 Å². The van der Waals surface area contributed by atoms with Crippen LogP contribution in [-0.2, 0) is 16.3 Å². The molecular weight excluding hydrogens is 236 g/mol. The van der Waals surface area contributed by atoms with Crippen molar-refractivity contribution >= 4 is 29.2 Å². The van der Waals surface area contributed by atoms with Crippen LogP contribution in [0, 0.1) is 0 Å². The number of esters is 1. The molecule has 0 aliphatic rings. The molecule has 0 atom stereocenters. The van der Waals surface area contributed by atoms with Crippen molar-refractivity contribution in [3.63, 3.8) is 0 Å². The lowest BCUT2D eigenvalue weighted by Gasteiger charge is -2.08. The number of aromatic nitrogens is 3. The van der Waals surface area contributed by atoms with Crippen LogP contribution in [-0.4, -0.2) is 26.7 Å². The number of ether oxygens (including phenoxy) is 1. The number of aromatic amines is 1. The maximum Gasteiger partial charge on any atom is 0.304 e. The van der Waals surface area contributed by atoms with Crippen LogP contribution >= 0.6 is 0 Å². The molecule has 0 radical (unpaired) electrons. The molecule has 94 valence electrons. The van der Waals surface area contributed by atoms with Gasteiger partial charge in [-0.2, -0.15) is 0 Å². The molecule has 2 rings (SSSR count). The predicted molar refractivity (Wildman–Crippen MR) is 65.9 cm³/mol. The Morgan fingerprint density at radius 3 is 3.11 bits per heavy atom. The molecule has 18 heavy (non-hydrogen) atoms. The molecule has 0 spiro atoms. The fourth-order valence-electron chi connectivity index (χ4n) is 1.51. The summed E-state index contributed by atoms with van der Waals surface area (Å²) in [6, 6.07) is 1.68. The number of aliphatic imine (C=N–C) groups is 1. The lowest BCUT2D eigenvalue weighted by molar-refractivity contribution is -0.144. The average Bonchev–Trinajstić information content (AvgIpc) is 2.77.